The van der Waals surface area contributed by atoms with E-state index in [2.05, 4.69) is 88.3 Å². The number of piperazine rings is 1. The zero-order chi connectivity index (χ0) is 27.6. The SMILES string of the molecule is CN1CCN(Cc2ccc(C3=CC(C4CCCCC4)CCc4nc(Nc5ccc6sccc6c5)ncc43)cc2)CC1. The van der Waals surface area contributed by atoms with E-state index < -0.39 is 0 Å². The number of hydrogen-bond donors (Lipinski definition) is 1. The van der Waals surface area contributed by atoms with Gasteiger partial charge in [-0.2, -0.15) is 0 Å². The van der Waals surface area contributed by atoms with Gasteiger partial charge in [-0.3, -0.25) is 4.90 Å². The molecule has 1 saturated heterocycles. The van der Waals surface area contributed by atoms with Crippen LogP contribution in [0.4, 0.5) is 11.6 Å². The summed E-state index contributed by atoms with van der Waals surface area (Å²) >= 11 is 1.77. The zero-order valence-corrected chi connectivity index (χ0v) is 25.0. The van der Waals surface area contributed by atoms with Crippen LogP contribution in [0.3, 0.4) is 0 Å². The van der Waals surface area contributed by atoms with E-state index in [-0.39, 0.29) is 0 Å². The maximum atomic E-state index is 5.12. The van der Waals surface area contributed by atoms with Crippen molar-refractivity contribution in [3.8, 4) is 0 Å². The van der Waals surface area contributed by atoms with E-state index in [0.717, 1.165) is 50.7 Å². The highest BCUT2D eigenvalue weighted by Gasteiger charge is 2.27. The monoisotopic (exact) mass is 563 g/mol. The molecule has 41 heavy (non-hydrogen) atoms. The van der Waals surface area contributed by atoms with Crippen LogP contribution >= 0.6 is 11.3 Å². The minimum absolute atomic E-state index is 0.599. The molecule has 1 unspecified atom stereocenters. The molecule has 0 bridgehead atoms. The molecular weight excluding hydrogens is 522 g/mol. The molecule has 2 fully saturated rings. The molecular formula is C35H41N5S. The van der Waals surface area contributed by atoms with E-state index in [0.29, 0.717) is 11.9 Å². The predicted molar refractivity (Wildman–Crippen MR) is 172 cm³/mol. The van der Waals surface area contributed by atoms with Crippen molar-refractivity contribution in [3.63, 3.8) is 0 Å². The van der Waals surface area contributed by atoms with Crippen molar-refractivity contribution < 1.29 is 0 Å². The normalized spacial score (nSPS) is 20.9. The lowest BCUT2D eigenvalue weighted by Gasteiger charge is -2.32. The number of likely N-dealkylation sites (N-methyl/N-ethyl adjacent to an activating group) is 1. The van der Waals surface area contributed by atoms with Crippen LogP contribution in [-0.2, 0) is 13.0 Å². The molecule has 1 N–H and O–H groups in total. The van der Waals surface area contributed by atoms with Crippen molar-refractivity contribution in [1.29, 1.82) is 0 Å². The number of allylic oxidation sites excluding steroid dienone is 1. The van der Waals surface area contributed by atoms with Gasteiger partial charge >= 0.3 is 0 Å². The van der Waals surface area contributed by atoms with Crippen LogP contribution in [0, 0.1) is 11.8 Å². The first-order valence-electron chi connectivity index (χ1n) is 15.5. The first kappa shape index (κ1) is 26.8. The third kappa shape index (κ3) is 6.11. The maximum Gasteiger partial charge on any atom is 0.227 e. The number of nitrogens with zero attached hydrogens (tertiary/aromatic N) is 4. The Morgan fingerprint density at radius 1 is 0.927 bits per heavy atom. The van der Waals surface area contributed by atoms with Crippen LogP contribution in [0.2, 0.25) is 0 Å². The Hall–Kier alpha value is -3.06. The molecule has 1 saturated carbocycles. The first-order valence-corrected chi connectivity index (χ1v) is 16.4. The third-order valence-corrected chi connectivity index (χ3v) is 10.4. The summed E-state index contributed by atoms with van der Waals surface area (Å²) in [5.41, 5.74) is 7.43. The van der Waals surface area contributed by atoms with Crippen molar-refractivity contribution in [1.82, 2.24) is 19.8 Å². The number of benzene rings is 2. The molecule has 212 valence electrons. The van der Waals surface area contributed by atoms with Crippen LogP contribution < -0.4 is 5.32 Å². The Morgan fingerprint density at radius 2 is 1.76 bits per heavy atom. The number of rotatable bonds is 6. The zero-order valence-electron chi connectivity index (χ0n) is 24.2. The average molecular weight is 564 g/mol. The van der Waals surface area contributed by atoms with E-state index in [9.17, 15) is 0 Å². The van der Waals surface area contributed by atoms with Gasteiger partial charge in [0.2, 0.25) is 5.95 Å². The van der Waals surface area contributed by atoms with Gasteiger partial charge in [-0.1, -0.05) is 49.6 Å². The topological polar surface area (TPSA) is 44.3 Å². The van der Waals surface area contributed by atoms with Crippen LogP contribution in [0.15, 0.2) is 66.2 Å². The Morgan fingerprint density at radius 3 is 2.59 bits per heavy atom. The summed E-state index contributed by atoms with van der Waals surface area (Å²) in [7, 11) is 2.22. The summed E-state index contributed by atoms with van der Waals surface area (Å²) in [6.45, 7) is 5.64. The van der Waals surface area contributed by atoms with Crippen LogP contribution in [0.5, 0.6) is 0 Å². The Kier molecular flexibility index (Phi) is 7.88. The number of fused-ring (bicyclic) bond motifs is 2. The third-order valence-electron chi connectivity index (χ3n) is 9.48. The molecule has 3 heterocycles. The number of nitrogens with one attached hydrogen (secondary N) is 1. The summed E-state index contributed by atoms with van der Waals surface area (Å²) in [4.78, 5) is 15.0. The highest BCUT2D eigenvalue weighted by molar-refractivity contribution is 7.17. The molecule has 0 spiro atoms. The molecule has 2 aromatic carbocycles. The molecule has 2 aliphatic carbocycles. The lowest BCUT2D eigenvalue weighted by Crippen LogP contribution is -2.43. The Labute approximate surface area is 248 Å². The van der Waals surface area contributed by atoms with Crippen molar-refractivity contribution >= 4 is 38.6 Å². The molecule has 2 aromatic heterocycles. The van der Waals surface area contributed by atoms with Crippen LogP contribution in [0.25, 0.3) is 15.7 Å². The summed E-state index contributed by atoms with van der Waals surface area (Å²) < 4.78 is 1.30. The van der Waals surface area contributed by atoms with Gasteiger partial charge in [0.25, 0.3) is 0 Å². The standard InChI is InChI=1S/C35H41N5S/c1-39-16-18-40(19-17-39)24-25-7-9-27(10-8-25)31-22-28(26-5-3-2-4-6-26)11-13-33-32(31)23-36-35(38-33)37-30-12-14-34-29(21-30)15-20-41-34/h7-10,12,14-15,20-23,26,28H,2-6,11,13,16-19,24H2,1H3,(H,36,37,38). The quantitative estimate of drug-likeness (QED) is 0.260. The van der Waals surface area contributed by atoms with Crippen molar-refractivity contribution in [2.45, 2.75) is 51.5 Å². The minimum atomic E-state index is 0.599. The van der Waals surface area contributed by atoms with Gasteiger partial charge in [-0.15, -0.1) is 11.3 Å². The average Bonchev–Trinajstić information content (AvgIpc) is 3.39. The molecule has 3 aliphatic rings. The number of aryl methyl sites for hydroxylation is 1. The first-order chi connectivity index (χ1) is 20.2. The van der Waals surface area contributed by atoms with Gasteiger partial charge in [0.15, 0.2) is 0 Å². The van der Waals surface area contributed by atoms with Crippen LogP contribution in [-0.4, -0.2) is 53.0 Å². The maximum absolute atomic E-state index is 5.12. The second-order valence-electron chi connectivity index (χ2n) is 12.3. The second kappa shape index (κ2) is 12.0. The largest absolute Gasteiger partial charge is 0.324 e. The molecule has 7 rings (SSSR count). The van der Waals surface area contributed by atoms with Gasteiger partial charge in [-0.05, 0) is 96.3 Å². The lowest BCUT2D eigenvalue weighted by molar-refractivity contribution is 0.148. The molecule has 0 radical (unpaired) electrons. The number of hydrogen-bond acceptors (Lipinski definition) is 6. The molecule has 0 amide bonds. The Balaban J connectivity index is 1.16. The molecule has 1 atom stereocenters. The fourth-order valence-corrected chi connectivity index (χ4v) is 7.77. The van der Waals surface area contributed by atoms with E-state index >= 15 is 0 Å². The summed E-state index contributed by atoms with van der Waals surface area (Å²) in [6.07, 6.45) is 13.7. The number of anilines is 2. The number of aromatic nitrogens is 2. The lowest BCUT2D eigenvalue weighted by atomic mass is 9.77. The van der Waals surface area contributed by atoms with E-state index in [1.807, 2.05) is 0 Å². The van der Waals surface area contributed by atoms with E-state index in [1.54, 1.807) is 11.3 Å². The van der Waals surface area contributed by atoms with Crippen LogP contribution in [0.1, 0.15) is 60.9 Å². The minimum Gasteiger partial charge on any atom is -0.324 e. The van der Waals surface area contributed by atoms with Crippen molar-refractivity contribution in [2.24, 2.45) is 11.8 Å². The van der Waals surface area contributed by atoms with Gasteiger partial charge in [0.1, 0.15) is 0 Å². The van der Waals surface area contributed by atoms with Crippen molar-refractivity contribution in [2.75, 3.05) is 38.5 Å². The second-order valence-corrected chi connectivity index (χ2v) is 13.3. The van der Waals surface area contributed by atoms with Crippen molar-refractivity contribution in [3.05, 3.63) is 88.6 Å². The summed E-state index contributed by atoms with van der Waals surface area (Å²) in [5, 5.41) is 6.89. The molecule has 5 nitrogen and oxygen atoms in total. The highest BCUT2D eigenvalue weighted by atomic mass is 32.1. The van der Waals surface area contributed by atoms with Gasteiger partial charge < -0.3 is 10.2 Å². The fourth-order valence-electron chi connectivity index (χ4n) is 7.00. The summed E-state index contributed by atoms with van der Waals surface area (Å²) in [6, 6.07) is 18.0. The van der Waals surface area contributed by atoms with E-state index in [4.69, 9.17) is 9.97 Å². The fraction of sp³-hybridized carbons (Fsp3) is 0.429. The number of thiophene rings is 1. The van der Waals surface area contributed by atoms with E-state index in [1.165, 1.54) is 76.6 Å². The Bertz CT molecular complexity index is 1510. The summed E-state index contributed by atoms with van der Waals surface area (Å²) in [5.74, 6) is 2.07. The molecule has 4 aromatic rings. The molecule has 6 heteroatoms. The van der Waals surface area contributed by atoms with Gasteiger partial charge in [0, 0.05) is 54.9 Å². The van der Waals surface area contributed by atoms with Gasteiger partial charge in [-0.25, -0.2) is 9.97 Å². The highest BCUT2D eigenvalue weighted by Crippen LogP contribution is 2.39. The smallest absolute Gasteiger partial charge is 0.227 e. The molecule has 1 aliphatic heterocycles. The predicted octanol–water partition coefficient (Wildman–Crippen LogP) is 7.76. The van der Waals surface area contributed by atoms with Gasteiger partial charge in [0.05, 0.1) is 5.69 Å².